The summed E-state index contributed by atoms with van der Waals surface area (Å²) in [5.41, 5.74) is 1.41. The molecule has 3 N–H and O–H groups in total. The maximum atomic E-state index is 11.6. The number of primary sulfonamides is 1. The molecule has 3 rings (SSSR count). The third-order valence-electron chi connectivity index (χ3n) is 4.39. The molecule has 1 heterocycles. The van der Waals surface area contributed by atoms with Crippen LogP contribution < -0.4 is 15.2 Å². The Hall–Kier alpha value is -3.11. The van der Waals surface area contributed by atoms with Crippen LogP contribution in [-0.4, -0.2) is 20.5 Å². The fraction of sp³-hybridized carbons (Fsp3) is 0.222. The van der Waals surface area contributed by atoms with Crippen LogP contribution in [0.25, 0.3) is 11.0 Å². The van der Waals surface area contributed by atoms with E-state index in [0.717, 1.165) is 17.0 Å². The maximum Gasteiger partial charge on any atom is 0.272 e. The smallest absolute Gasteiger partial charge is 0.272 e. The minimum absolute atomic E-state index is 0.239. The van der Waals surface area contributed by atoms with Gasteiger partial charge in [-0.3, -0.25) is 10.1 Å². The summed E-state index contributed by atoms with van der Waals surface area (Å²) < 4.78 is 34.4. The number of hydrogen-bond donors (Lipinski definition) is 2. The molecule has 3 aromatic rings. The number of hydrogen-bond acceptors (Lipinski definition) is 7. The lowest BCUT2D eigenvalue weighted by atomic mass is 10.1. The van der Waals surface area contributed by atoms with Gasteiger partial charge in [0.25, 0.3) is 5.69 Å². The van der Waals surface area contributed by atoms with Gasteiger partial charge in [-0.2, -0.15) is 0 Å². The zero-order valence-corrected chi connectivity index (χ0v) is 16.2. The van der Waals surface area contributed by atoms with Crippen molar-refractivity contribution in [2.24, 2.45) is 5.14 Å². The normalized spacial score (nSPS) is 12.7. The van der Waals surface area contributed by atoms with Crippen molar-refractivity contribution >= 4 is 32.4 Å². The summed E-state index contributed by atoms with van der Waals surface area (Å²) in [7, 11) is -2.52. The Labute approximate surface area is 161 Å². The molecular weight excluding hydrogens is 386 g/mol. The van der Waals surface area contributed by atoms with Gasteiger partial charge in [0.2, 0.25) is 10.0 Å². The molecule has 0 aliphatic rings. The van der Waals surface area contributed by atoms with Gasteiger partial charge >= 0.3 is 0 Å². The van der Waals surface area contributed by atoms with E-state index in [0.29, 0.717) is 17.1 Å². The highest BCUT2D eigenvalue weighted by Crippen LogP contribution is 2.34. The second-order valence-corrected chi connectivity index (χ2v) is 7.90. The van der Waals surface area contributed by atoms with Gasteiger partial charge in [0, 0.05) is 28.8 Å². The Balaban J connectivity index is 2.00. The van der Waals surface area contributed by atoms with E-state index in [-0.39, 0.29) is 16.3 Å². The third kappa shape index (κ3) is 3.78. The molecule has 0 radical (unpaired) electrons. The van der Waals surface area contributed by atoms with E-state index in [1.807, 2.05) is 13.0 Å². The summed E-state index contributed by atoms with van der Waals surface area (Å²) in [6, 6.07) is 8.46. The average molecular weight is 405 g/mol. The number of rotatable bonds is 6. The van der Waals surface area contributed by atoms with Crippen LogP contribution in [0.5, 0.6) is 5.75 Å². The third-order valence-corrected chi connectivity index (χ3v) is 5.28. The molecule has 9 nitrogen and oxygen atoms in total. The first-order valence-electron chi connectivity index (χ1n) is 8.26. The molecule has 1 aromatic heterocycles. The first-order valence-corrected chi connectivity index (χ1v) is 9.80. The van der Waals surface area contributed by atoms with Gasteiger partial charge in [-0.15, -0.1) is 0 Å². The molecule has 0 aliphatic heterocycles. The molecule has 1 unspecified atom stereocenters. The number of sulfonamides is 1. The molecule has 28 heavy (non-hydrogen) atoms. The molecule has 1 atom stereocenters. The Kier molecular flexibility index (Phi) is 5.01. The predicted molar refractivity (Wildman–Crippen MR) is 104 cm³/mol. The van der Waals surface area contributed by atoms with Crippen molar-refractivity contribution < 1.29 is 22.5 Å². The van der Waals surface area contributed by atoms with E-state index in [9.17, 15) is 18.5 Å². The van der Waals surface area contributed by atoms with Gasteiger partial charge < -0.3 is 14.5 Å². The second-order valence-electron chi connectivity index (χ2n) is 6.34. The van der Waals surface area contributed by atoms with E-state index in [4.69, 9.17) is 14.3 Å². The zero-order chi connectivity index (χ0) is 20.6. The monoisotopic (exact) mass is 405 g/mol. The molecule has 0 spiro atoms. The van der Waals surface area contributed by atoms with E-state index in [1.54, 1.807) is 26.2 Å². The lowest BCUT2D eigenvalue weighted by Gasteiger charge is -2.14. The zero-order valence-electron chi connectivity index (χ0n) is 15.4. The number of furan rings is 1. The predicted octanol–water partition coefficient (Wildman–Crippen LogP) is 3.48. The number of methoxy groups -OCH3 is 1. The van der Waals surface area contributed by atoms with Crippen LogP contribution in [0.15, 0.2) is 45.7 Å². The summed E-state index contributed by atoms with van der Waals surface area (Å²) in [6.07, 6.45) is 0. The number of benzene rings is 2. The lowest BCUT2D eigenvalue weighted by Crippen LogP contribution is -2.14. The fourth-order valence-corrected chi connectivity index (χ4v) is 3.59. The summed E-state index contributed by atoms with van der Waals surface area (Å²) in [4.78, 5) is 10.1. The largest absolute Gasteiger partial charge is 0.497 e. The van der Waals surface area contributed by atoms with Crippen molar-refractivity contribution in [1.29, 1.82) is 0 Å². The first kappa shape index (κ1) is 19.6. The number of nitro groups is 1. The highest BCUT2D eigenvalue weighted by Gasteiger charge is 2.20. The van der Waals surface area contributed by atoms with Gasteiger partial charge in [-0.25, -0.2) is 13.6 Å². The molecule has 0 saturated heterocycles. The molecule has 148 valence electrons. The first-order chi connectivity index (χ1) is 13.1. The molecule has 2 aromatic carbocycles. The summed E-state index contributed by atoms with van der Waals surface area (Å²) in [6.45, 7) is 3.69. The van der Waals surface area contributed by atoms with Crippen molar-refractivity contribution in [1.82, 2.24) is 0 Å². The lowest BCUT2D eigenvalue weighted by molar-refractivity contribution is -0.385. The highest BCUT2D eigenvalue weighted by molar-refractivity contribution is 7.89. The summed E-state index contributed by atoms with van der Waals surface area (Å²) in [5.74, 6) is 1.31. The van der Waals surface area contributed by atoms with Gasteiger partial charge in [0.1, 0.15) is 17.1 Å². The standard InChI is InChI=1S/C18H19N3O6S/c1-10-16-9-14(26-3)4-5-17(16)27-18(10)11(2)20-12-6-13(21(22)23)8-15(7-12)28(19,24)25/h4-9,11,20H,1-3H3,(H2,19,24,25). The number of aryl methyl sites for hydroxylation is 1. The average Bonchev–Trinajstić information content (AvgIpc) is 2.97. The minimum Gasteiger partial charge on any atom is -0.497 e. The SMILES string of the molecule is COc1ccc2oc(C(C)Nc3cc([N+](=O)[O-])cc(S(N)(=O)=O)c3)c(C)c2c1. The minimum atomic E-state index is -4.10. The van der Waals surface area contributed by atoms with Crippen LogP contribution in [-0.2, 0) is 10.0 Å². The van der Waals surface area contributed by atoms with E-state index in [2.05, 4.69) is 5.32 Å². The number of nitrogens with one attached hydrogen (secondary N) is 1. The molecular formula is C18H19N3O6S. The number of anilines is 1. The van der Waals surface area contributed by atoms with Gasteiger partial charge in [-0.1, -0.05) is 0 Å². The van der Waals surface area contributed by atoms with Crippen molar-refractivity contribution in [3.05, 3.63) is 57.8 Å². The van der Waals surface area contributed by atoms with Crippen LogP contribution in [0.4, 0.5) is 11.4 Å². The van der Waals surface area contributed by atoms with Crippen molar-refractivity contribution in [2.75, 3.05) is 12.4 Å². The number of nitrogens with two attached hydrogens (primary N) is 1. The second kappa shape index (κ2) is 7.13. The number of nitro benzene ring substituents is 1. The van der Waals surface area contributed by atoms with Gasteiger partial charge in [0.15, 0.2) is 0 Å². The maximum absolute atomic E-state index is 11.6. The van der Waals surface area contributed by atoms with Crippen molar-refractivity contribution in [3.8, 4) is 5.75 Å². The van der Waals surface area contributed by atoms with Gasteiger partial charge in [0.05, 0.1) is 23.0 Å². The topological polar surface area (TPSA) is 138 Å². The number of fused-ring (bicyclic) bond motifs is 1. The van der Waals surface area contributed by atoms with Gasteiger partial charge in [-0.05, 0) is 38.1 Å². The Morgan fingerprint density at radius 1 is 1.25 bits per heavy atom. The van der Waals surface area contributed by atoms with Crippen LogP contribution in [0, 0.1) is 17.0 Å². The molecule has 0 amide bonds. The summed E-state index contributed by atoms with van der Waals surface area (Å²) >= 11 is 0. The Bertz CT molecular complexity index is 1170. The molecule has 0 aliphatic carbocycles. The summed E-state index contributed by atoms with van der Waals surface area (Å²) in [5, 5.41) is 20.2. The van der Waals surface area contributed by atoms with E-state index < -0.39 is 21.0 Å². The molecule has 0 fully saturated rings. The number of ether oxygens (including phenoxy) is 1. The van der Waals surface area contributed by atoms with Crippen molar-refractivity contribution in [2.45, 2.75) is 24.8 Å². The van der Waals surface area contributed by atoms with Crippen LogP contribution in [0.1, 0.15) is 24.3 Å². The van der Waals surface area contributed by atoms with E-state index >= 15 is 0 Å². The van der Waals surface area contributed by atoms with Crippen LogP contribution >= 0.6 is 0 Å². The van der Waals surface area contributed by atoms with Crippen molar-refractivity contribution in [3.63, 3.8) is 0 Å². The highest BCUT2D eigenvalue weighted by atomic mass is 32.2. The molecule has 0 saturated carbocycles. The molecule has 10 heteroatoms. The number of non-ortho nitro benzene ring substituents is 1. The quantitative estimate of drug-likeness (QED) is 0.473. The van der Waals surface area contributed by atoms with E-state index in [1.165, 1.54) is 12.1 Å². The van der Waals surface area contributed by atoms with Crippen LogP contribution in [0.3, 0.4) is 0 Å². The number of nitrogens with zero attached hydrogens (tertiary/aromatic N) is 1. The fourth-order valence-electron chi connectivity index (χ4n) is 3.01. The molecule has 0 bridgehead atoms. The van der Waals surface area contributed by atoms with Crippen LogP contribution in [0.2, 0.25) is 0 Å². The Morgan fingerprint density at radius 2 is 1.96 bits per heavy atom. The Morgan fingerprint density at radius 3 is 2.57 bits per heavy atom.